The third-order valence-corrected chi connectivity index (χ3v) is 3.95. The van der Waals surface area contributed by atoms with Gasteiger partial charge in [-0.2, -0.15) is 0 Å². The fraction of sp³-hybridized carbons (Fsp3) is 0.278. The van der Waals surface area contributed by atoms with E-state index in [4.69, 9.17) is 21.4 Å². The van der Waals surface area contributed by atoms with Crippen molar-refractivity contribution in [1.29, 1.82) is 0 Å². The van der Waals surface area contributed by atoms with Crippen LogP contribution >= 0.6 is 11.6 Å². The maximum atomic E-state index is 12.1. The number of ether oxygens (including phenoxy) is 1. The summed E-state index contributed by atoms with van der Waals surface area (Å²) >= 11 is 6.05. The Morgan fingerprint density at radius 2 is 1.92 bits per heavy atom. The summed E-state index contributed by atoms with van der Waals surface area (Å²) in [5.41, 5.74) is 0.288. The zero-order valence-electron chi connectivity index (χ0n) is 13.9. The molecule has 0 fully saturated rings. The van der Waals surface area contributed by atoms with Gasteiger partial charge in [0.2, 0.25) is 5.91 Å². The van der Waals surface area contributed by atoms with Gasteiger partial charge < -0.3 is 15.2 Å². The minimum absolute atomic E-state index is 0.0506. The molecule has 1 amide bonds. The van der Waals surface area contributed by atoms with Crippen molar-refractivity contribution in [2.45, 2.75) is 25.8 Å². The van der Waals surface area contributed by atoms with Gasteiger partial charge in [0.15, 0.2) is 12.4 Å². The van der Waals surface area contributed by atoms with Gasteiger partial charge in [-0.1, -0.05) is 17.7 Å². The van der Waals surface area contributed by atoms with Crippen LogP contribution in [0.2, 0.25) is 5.02 Å². The molecule has 0 aliphatic carbocycles. The first kappa shape index (κ1) is 18.7. The highest BCUT2D eigenvalue weighted by molar-refractivity contribution is 6.34. The fourth-order valence-electron chi connectivity index (χ4n) is 2.36. The number of aromatic nitrogens is 1. The summed E-state index contributed by atoms with van der Waals surface area (Å²) in [6, 6.07) is 8.57. The van der Waals surface area contributed by atoms with Crippen LogP contribution in [0.4, 0.5) is 5.69 Å². The van der Waals surface area contributed by atoms with Gasteiger partial charge in [-0.25, -0.2) is 9.36 Å². The number of nitrogens with one attached hydrogen (secondary N) is 1. The van der Waals surface area contributed by atoms with Gasteiger partial charge in [0.25, 0.3) is 0 Å². The largest absolute Gasteiger partial charge is 0.496 e. The Labute approximate surface area is 151 Å². The van der Waals surface area contributed by atoms with E-state index in [1.807, 2.05) is 30.6 Å². The number of hydrogen-bond donors (Lipinski definition) is 2. The maximum absolute atomic E-state index is 12.1. The molecule has 0 saturated heterocycles. The van der Waals surface area contributed by atoms with Gasteiger partial charge in [-0.05, 0) is 12.5 Å². The maximum Gasteiger partial charge on any atom is 0.339 e. The third kappa shape index (κ3) is 5.46. The molecule has 0 saturated carbocycles. The number of rotatable bonds is 8. The topological polar surface area (TPSA) is 79.5 Å². The van der Waals surface area contributed by atoms with Crippen LogP contribution in [-0.2, 0) is 11.3 Å². The van der Waals surface area contributed by atoms with Gasteiger partial charge in [0.05, 0.1) is 17.8 Å². The quantitative estimate of drug-likeness (QED) is 0.557. The van der Waals surface area contributed by atoms with E-state index in [1.165, 1.54) is 19.2 Å². The van der Waals surface area contributed by atoms with Crippen LogP contribution in [0.15, 0.2) is 42.7 Å². The number of anilines is 1. The number of pyridine rings is 1. The van der Waals surface area contributed by atoms with E-state index in [1.54, 1.807) is 0 Å². The third-order valence-electron chi connectivity index (χ3n) is 3.64. The molecule has 0 aliphatic heterocycles. The molecule has 0 radical (unpaired) electrons. The van der Waals surface area contributed by atoms with Gasteiger partial charge in [0, 0.05) is 31.0 Å². The summed E-state index contributed by atoms with van der Waals surface area (Å²) in [7, 11) is 1.36. The number of aryl methyl sites for hydroxylation is 1. The van der Waals surface area contributed by atoms with Crippen LogP contribution < -0.4 is 14.6 Å². The molecular weight excluding hydrogens is 344 g/mol. The van der Waals surface area contributed by atoms with Crippen molar-refractivity contribution in [3.8, 4) is 5.75 Å². The number of carboxylic acid groups (broad SMARTS) is 1. The fourth-order valence-corrected chi connectivity index (χ4v) is 2.57. The lowest BCUT2D eigenvalue weighted by Crippen LogP contribution is -2.32. The van der Waals surface area contributed by atoms with Gasteiger partial charge in [-0.15, -0.1) is 0 Å². The Bertz CT molecular complexity index is 750. The normalized spacial score (nSPS) is 10.3. The Hall–Kier alpha value is -2.60. The lowest BCUT2D eigenvalue weighted by atomic mass is 10.1. The zero-order chi connectivity index (χ0) is 18.2. The molecule has 1 heterocycles. The SMILES string of the molecule is COc1cc(NC(=O)CCCC[n+]2ccccc2)c(Cl)cc1C(=O)O. The van der Waals surface area contributed by atoms with Gasteiger partial charge in [-0.3, -0.25) is 4.79 Å². The molecule has 1 aromatic heterocycles. The van der Waals surface area contributed by atoms with E-state index in [-0.39, 0.29) is 22.2 Å². The summed E-state index contributed by atoms with van der Waals surface area (Å²) in [5, 5.41) is 12.0. The lowest BCUT2D eigenvalue weighted by molar-refractivity contribution is -0.697. The summed E-state index contributed by atoms with van der Waals surface area (Å²) in [5.74, 6) is -1.17. The van der Waals surface area contributed by atoms with Crippen molar-refractivity contribution in [3.05, 3.63) is 53.3 Å². The Balaban J connectivity index is 1.88. The van der Waals surface area contributed by atoms with Gasteiger partial charge in [0.1, 0.15) is 17.9 Å². The molecule has 1 aromatic carbocycles. The van der Waals surface area contributed by atoms with E-state index >= 15 is 0 Å². The first-order valence-corrected chi connectivity index (χ1v) is 8.24. The van der Waals surface area contributed by atoms with Crippen LogP contribution in [0, 0.1) is 0 Å². The second-order valence-corrected chi connectivity index (χ2v) is 5.86. The number of hydrogen-bond acceptors (Lipinski definition) is 3. The number of aromatic carboxylic acids is 1. The molecule has 2 aromatic rings. The number of carbonyl (C=O) groups is 2. The van der Waals surface area contributed by atoms with Crippen molar-refractivity contribution in [1.82, 2.24) is 0 Å². The molecule has 2 rings (SSSR count). The van der Waals surface area contributed by atoms with Crippen molar-refractivity contribution in [2.24, 2.45) is 0 Å². The summed E-state index contributed by atoms with van der Waals surface area (Å²) in [6.07, 6.45) is 5.92. The molecule has 0 spiro atoms. The summed E-state index contributed by atoms with van der Waals surface area (Å²) < 4.78 is 7.10. The summed E-state index contributed by atoms with van der Waals surface area (Å²) in [4.78, 5) is 23.2. The number of amides is 1. The van der Waals surface area contributed by atoms with Crippen molar-refractivity contribution in [2.75, 3.05) is 12.4 Å². The van der Waals surface area contributed by atoms with Crippen LogP contribution in [0.25, 0.3) is 0 Å². The first-order chi connectivity index (χ1) is 12.0. The number of carboxylic acids is 1. The Morgan fingerprint density at radius 1 is 1.20 bits per heavy atom. The highest BCUT2D eigenvalue weighted by atomic mass is 35.5. The number of methoxy groups -OCH3 is 1. The Morgan fingerprint density at radius 3 is 2.56 bits per heavy atom. The second-order valence-electron chi connectivity index (χ2n) is 5.46. The van der Waals surface area contributed by atoms with E-state index in [2.05, 4.69) is 9.88 Å². The van der Waals surface area contributed by atoms with E-state index < -0.39 is 5.97 Å². The number of benzene rings is 1. The molecule has 0 unspecified atom stereocenters. The number of halogens is 1. The smallest absolute Gasteiger partial charge is 0.339 e. The number of nitrogens with zero attached hydrogens (tertiary/aromatic N) is 1. The lowest BCUT2D eigenvalue weighted by Gasteiger charge is -2.11. The minimum Gasteiger partial charge on any atom is -0.496 e. The zero-order valence-corrected chi connectivity index (χ0v) is 14.6. The first-order valence-electron chi connectivity index (χ1n) is 7.86. The molecule has 0 bridgehead atoms. The van der Waals surface area contributed by atoms with E-state index in [0.717, 1.165) is 19.4 Å². The molecule has 6 nitrogen and oxygen atoms in total. The van der Waals surface area contributed by atoms with E-state index in [0.29, 0.717) is 12.1 Å². The van der Waals surface area contributed by atoms with Crippen molar-refractivity contribution in [3.63, 3.8) is 0 Å². The molecular formula is C18H20ClN2O4+. The standard InChI is InChI=1S/C18H19ClN2O4/c1-25-16-12-15(14(19)11-13(16)18(23)24)20-17(22)7-3-6-10-21-8-4-2-5-9-21/h2,4-5,8-9,11-12H,3,6-7,10H2,1H3,(H-,20,22,23,24)/p+1. The van der Waals surface area contributed by atoms with Crippen LogP contribution in [0.1, 0.15) is 29.6 Å². The predicted octanol–water partition coefficient (Wildman–Crippen LogP) is 3.14. The molecule has 0 atom stereocenters. The second kappa shape index (κ2) is 9.03. The summed E-state index contributed by atoms with van der Waals surface area (Å²) in [6.45, 7) is 0.843. The molecule has 7 heteroatoms. The number of carbonyl (C=O) groups excluding carboxylic acids is 1. The average molecular weight is 364 g/mol. The minimum atomic E-state index is -1.14. The van der Waals surface area contributed by atoms with Gasteiger partial charge >= 0.3 is 5.97 Å². The van der Waals surface area contributed by atoms with Crippen LogP contribution in [0.3, 0.4) is 0 Å². The predicted molar refractivity (Wildman–Crippen MR) is 94.1 cm³/mol. The monoisotopic (exact) mass is 363 g/mol. The molecule has 25 heavy (non-hydrogen) atoms. The highest BCUT2D eigenvalue weighted by Crippen LogP contribution is 2.31. The van der Waals surface area contributed by atoms with Crippen molar-refractivity contribution < 1.29 is 24.0 Å². The molecule has 2 N–H and O–H groups in total. The Kier molecular flexibility index (Phi) is 6.77. The van der Waals surface area contributed by atoms with Crippen molar-refractivity contribution >= 4 is 29.2 Å². The molecule has 132 valence electrons. The highest BCUT2D eigenvalue weighted by Gasteiger charge is 2.16. The number of unbranched alkanes of at least 4 members (excludes halogenated alkanes) is 1. The van der Waals surface area contributed by atoms with Crippen LogP contribution in [-0.4, -0.2) is 24.1 Å². The molecule has 0 aliphatic rings. The average Bonchev–Trinajstić information content (AvgIpc) is 2.61. The van der Waals surface area contributed by atoms with Crippen LogP contribution in [0.5, 0.6) is 5.75 Å². The van der Waals surface area contributed by atoms with E-state index in [9.17, 15) is 9.59 Å².